The fourth-order valence-corrected chi connectivity index (χ4v) is 2.46. The molecule has 0 spiro atoms. The van der Waals surface area contributed by atoms with Crippen LogP contribution in [-0.4, -0.2) is 18.3 Å². The summed E-state index contributed by atoms with van der Waals surface area (Å²) in [5, 5.41) is 7.47. The molecule has 4 heteroatoms. The minimum Gasteiger partial charge on any atom is -0.384 e. The Hall–Kier alpha value is -0.610. The molecule has 0 amide bonds. The van der Waals surface area contributed by atoms with Crippen LogP contribution in [0.15, 0.2) is 28.0 Å². The summed E-state index contributed by atoms with van der Waals surface area (Å²) in [4.78, 5) is 2.14. The zero-order chi connectivity index (χ0) is 9.84. The van der Waals surface area contributed by atoms with Crippen molar-refractivity contribution in [1.29, 1.82) is 5.41 Å². The van der Waals surface area contributed by atoms with Crippen LogP contribution in [0, 0.1) is 5.41 Å². The van der Waals surface area contributed by atoms with E-state index in [4.69, 9.17) is 11.1 Å². The summed E-state index contributed by atoms with van der Waals surface area (Å²) in [6.45, 7) is 0. The van der Waals surface area contributed by atoms with E-state index in [9.17, 15) is 0 Å². The first-order valence-corrected chi connectivity index (χ1v) is 6.21. The molecule has 3 N–H and O–H groups in total. The molecule has 1 aromatic rings. The van der Waals surface area contributed by atoms with Crippen molar-refractivity contribution in [2.45, 2.75) is 9.79 Å². The van der Waals surface area contributed by atoms with E-state index in [-0.39, 0.29) is 5.84 Å². The van der Waals surface area contributed by atoms with Crippen molar-refractivity contribution in [3.63, 3.8) is 0 Å². The Balaban J connectivity index is 3.29. The van der Waals surface area contributed by atoms with Gasteiger partial charge < -0.3 is 5.73 Å². The monoisotopic (exact) mass is 212 g/mol. The van der Waals surface area contributed by atoms with Crippen LogP contribution in [-0.2, 0) is 0 Å². The van der Waals surface area contributed by atoms with Crippen molar-refractivity contribution in [2.24, 2.45) is 5.73 Å². The van der Waals surface area contributed by atoms with Crippen LogP contribution in [0.25, 0.3) is 0 Å². The Morgan fingerprint density at radius 3 is 2.00 bits per heavy atom. The number of nitrogens with two attached hydrogens (primary N) is 1. The largest absolute Gasteiger partial charge is 0.384 e. The van der Waals surface area contributed by atoms with Crippen LogP contribution in [0.5, 0.6) is 0 Å². The molecule has 0 aliphatic heterocycles. The molecular formula is C9H12N2S2. The van der Waals surface area contributed by atoms with Crippen LogP contribution < -0.4 is 5.73 Å². The summed E-state index contributed by atoms with van der Waals surface area (Å²) in [5.74, 6) is 0.148. The average molecular weight is 212 g/mol. The summed E-state index contributed by atoms with van der Waals surface area (Å²) < 4.78 is 0. The second-order valence-electron chi connectivity index (χ2n) is 2.45. The zero-order valence-corrected chi connectivity index (χ0v) is 9.26. The minimum absolute atomic E-state index is 0.148. The van der Waals surface area contributed by atoms with E-state index in [0.717, 1.165) is 15.4 Å². The van der Waals surface area contributed by atoms with Gasteiger partial charge in [0.15, 0.2) is 0 Å². The maximum Gasteiger partial charge on any atom is 0.125 e. The van der Waals surface area contributed by atoms with Gasteiger partial charge in [0.25, 0.3) is 0 Å². The van der Waals surface area contributed by atoms with Gasteiger partial charge in [-0.3, -0.25) is 5.41 Å². The fourth-order valence-electron chi connectivity index (χ4n) is 1.12. The molecule has 13 heavy (non-hydrogen) atoms. The van der Waals surface area contributed by atoms with Crippen LogP contribution in [0.2, 0.25) is 0 Å². The molecule has 1 aromatic carbocycles. The highest BCUT2D eigenvalue weighted by Gasteiger charge is 2.09. The summed E-state index contributed by atoms with van der Waals surface area (Å²) >= 11 is 3.24. The second-order valence-corrected chi connectivity index (χ2v) is 4.15. The predicted octanol–water partition coefficient (Wildman–Crippen LogP) is 2.41. The summed E-state index contributed by atoms with van der Waals surface area (Å²) in [7, 11) is 0. The lowest BCUT2D eigenvalue weighted by Crippen LogP contribution is -2.13. The quantitative estimate of drug-likeness (QED) is 0.459. The van der Waals surface area contributed by atoms with Gasteiger partial charge in [-0.05, 0) is 24.6 Å². The minimum atomic E-state index is 0.148. The number of thioether (sulfide) groups is 2. The Morgan fingerprint density at radius 1 is 1.23 bits per heavy atom. The molecule has 0 aliphatic rings. The van der Waals surface area contributed by atoms with Gasteiger partial charge in [-0.2, -0.15) is 0 Å². The van der Waals surface area contributed by atoms with E-state index in [0.29, 0.717) is 0 Å². The summed E-state index contributed by atoms with van der Waals surface area (Å²) in [5.41, 5.74) is 6.39. The third-order valence-corrected chi connectivity index (χ3v) is 3.26. The number of benzene rings is 1. The Labute approximate surface area is 86.8 Å². The van der Waals surface area contributed by atoms with Gasteiger partial charge in [0.1, 0.15) is 5.84 Å². The summed E-state index contributed by atoms with van der Waals surface area (Å²) in [6, 6.07) is 5.96. The van der Waals surface area contributed by atoms with E-state index in [2.05, 4.69) is 0 Å². The first-order chi connectivity index (χ1) is 6.20. The Kier molecular flexibility index (Phi) is 3.69. The molecule has 2 nitrogen and oxygen atoms in total. The van der Waals surface area contributed by atoms with Gasteiger partial charge in [0, 0.05) is 15.4 Å². The van der Waals surface area contributed by atoms with Crippen LogP contribution in [0.3, 0.4) is 0 Å². The lowest BCUT2D eigenvalue weighted by Gasteiger charge is -2.09. The van der Waals surface area contributed by atoms with Crippen molar-refractivity contribution in [3.8, 4) is 0 Å². The second kappa shape index (κ2) is 4.58. The maximum absolute atomic E-state index is 7.47. The number of hydrogen-bond donors (Lipinski definition) is 2. The average Bonchev–Trinajstić information content (AvgIpc) is 2.16. The van der Waals surface area contributed by atoms with Crippen molar-refractivity contribution < 1.29 is 0 Å². The van der Waals surface area contributed by atoms with Crippen LogP contribution in [0.1, 0.15) is 5.56 Å². The Morgan fingerprint density at radius 2 is 1.69 bits per heavy atom. The molecule has 0 fully saturated rings. The molecule has 0 radical (unpaired) electrons. The molecule has 0 saturated carbocycles. The van der Waals surface area contributed by atoms with Gasteiger partial charge in [0.05, 0.1) is 0 Å². The Bertz CT molecular complexity index is 301. The molecule has 1 rings (SSSR count). The van der Waals surface area contributed by atoms with Gasteiger partial charge in [-0.25, -0.2) is 0 Å². The highest BCUT2D eigenvalue weighted by molar-refractivity contribution is 7.99. The molecule has 0 unspecified atom stereocenters. The molecule has 0 bridgehead atoms. The van der Waals surface area contributed by atoms with Crippen molar-refractivity contribution in [2.75, 3.05) is 12.5 Å². The van der Waals surface area contributed by atoms with E-state index in [1.54, 1.807) is 23.5 Å². The molecule has 0 heterocycles. The molecule has 0 saturated heterocycles. The number of hydrogen-bond acceptors (Lipinski definition) is 3. The van der Waals surface area contributed by atoms with E-state index in [1.807, 2.05) is 30.7 Å². The van der Waals surface area contributed by atoms with Gasteiger partial charge >= 0.3 is 0 Å². The molecule has 0 aliphatic carbocycles. The van der Waals surface area contributed by atoms with Gasteiger partial charge in [0.2, 0.25) is 0 Å². The fraction of sp³-hybridized carbons (Fsp3) is 0.222. The SMILES string of the molecule is CSc1cccc(SC)c1C(=N)N. The molecule has 70 valence electrons. The number of rotatable bonds is 3. The number of amidine groups is 1. The van der Waals surface area contributed by atoms with Gasteiger partial charge in [-0.15, -0.1) is 23.5 Å². The first-order valence-electron chi connectivity index (χ1n) is 3.76. The highest BCUT2D eigenvalue weighted by Crippen LogP contribution is 2.28. The van der Waals surface area contributed by atoms with Crippen molar-refractivity contribution in [1.82, 2.24) is 0 Å². The number of nitrogen functional groups attached to an aromatic ring is 1. The standard InChI is InChI=1S/C9H12N2S2/c1-12-6-4-3-5-7(13-2)8(6)9(10)11/h3-5H,1-2H3,(H3,10,11). The lowest BCUT2D eigenvalue weighted by atomic mass is 10.2. The van der Waals surface area contributed by atoms with Gasteiger partial charge in [-0.1, -0.05) is 6.07 Å². The molecule has 0 atom stereocenters. The topological polar surface area (TPSA) is 49.9 Å². The maximum atomic E-state index is 7.47. The van der Waals surface area contributed by atoms with E-state index in [1.165, 1.54) is 0 Å². The highest BCUT2D eigenvalue weighted by atomic mass is 32.2. The lowest BCUT2D eigenvalue weighted by molar-refractivity contribution is 1.25. The molecule has 0 aromatic heterocycles. The normalized spacial score (nSPS) is 10.0. The third-order valence-electron chi connectivity index (χ3n) is 1.70. The van der Waals surface area contributed by atoms with E-state index >= 15 is 0 Å². The predicted molar refractivity (Wildman–Crippen MR) is 61.0 cm³/mol. The summed E-state index contributed by atoms with van der Waals surface area (Å²) in [6.07, 6.45) is 3.98. The van der Waals surface area contributed by atoms with Crippen LogP contribution in [0.4, 0.5) is 0 Å². The van der Waals surface area contributed by atoms with E-state index < -0.39 is 0 Å². The first kappa shape index (κ1) is 10.5. The smallest absolute Gasteiger partial charge is 0.125 e. The molecular weight excluding hydrogens is 200 g/mol. The zero-order valence-electron chi connectivity index (χ0n) is 7.63. The van der Waals surface area contributed by atoms with Crippen LogP contribution >= 0.6 is 23.5 Å². The third kappa shape index (κ3) is 2.19. The number of nitrogens with one attached hydrogen (secondary N) is 1. The van der Waals surface area contributed by atoms with Crippen molar-refractivity contribution in [3.05, 3.63) is 23.8 Å². The van der Waals surface area contributed by atoms with Crippen molar-refractivity contribution >= 4 is 29.4 Å².